The van der Waals surface area contributed by atoms with Gasteiger partial charge in [-0.25, -0.2) is 12.7 Å². The second-order valence-corrected chi connectivity index (χ2v) is 7.97. The van der Waals surface area contributed by atoms with Crippen LogP contribution in [0.3, 0.4) is 0 Å². The minimum Gasteiger partial charge on any atom is -0.337 e. The number of hydrogen-bond donors (Lipinski definition) is 0. The average molecular weight is 309 g/mol. The number of pyridine rings is 1. The van der Waals surface area contributed by atoms with Gasteiger partial charge in [0.05, 0.1) is 5.25 Å². The second-order valence-electron chi connectivity index (χ2n) is 5.71. The lowest BCUT2D eigenvalue weighted by Gasteiger charge is -2.21. The third kappa shape index (κ3) is 2.55. The molecule has 3 heterocycles. The molecule has 7 heteroatoms. The van der Waals surface area contributed by atoms with Crippen LogP contribution in [0.15, 0.2) is 24.4 Å². The van der Waals surface area contributed by atoms with Crippen LogP contribution in [0.5, 0.6) is 0 Å². The average Bonchev–Trinajstić information content (AvgIpc) is 2.64. The van der Waals surface area contributed by atoms with Crippen LogP contribution in [-0.4, -0.2) is 60.4 Å². The van der Waals surface area contributed by atoms with E-state index in [4.69, 9.17) is 0 Å². The number of rotatable bonds is 1. The predicted molar refractivity (Wildman–Crippen MR) is 78.2 cm³/mol. The van der Waals surface area contributed by atoms with E-state index in [0.717, 1.165) is 6.42 Å². The Labute approximate surface area is 124 Å². The first kappa shape index (κ1) is 14.5. The molecule has 0 radical (unpaired) electrons. The predicted octanol–water partition coefficient (Wildman–Crippen LogP) is 0.578. The van der Waals surface area contributed by atoms with Gasteiger partial charge in [0.1, 0.15) is 5.69 Å². The Hall–Kier alpha value is -1.47. The fraction of sp³-hybridized carbons (Fsp3) is 0.571. The van der Waals surface area contributed by atoms with Gasteiger partial charge < -0.3 is 4.90 Å². The first-order chi connectivity index (χ1) is 10.00. The summed E-state index contributed by atoms with van der Waals surface area (Å²) in [6, 6.07) is 5.25. The maximum atomic E-state index is 12.4. The van der Waals surface area contributed by atoms with Crippen molar-refractivity contribution in [2.75, 3.05) is 26.7 Å². The van der Waals surface area contributed by atoms with Gasteiger partial charge in [0.15, 0.2) is 0 Å². The zero-order valence-corrected chi connectivity index (χ0v) is 12.8. The summed E-state index contributed by atoms with van der Waals surface area (Å²) in [6.07, 6.45) is 2.84. The van der Waals surface area contributed by atoms with Crippen LogP contribution in [0.25, 0.3) is 0 Å². The SMILES string of the molecule is CN1C[C@H]2CCN(C(=O)c3ccccn3)CC[C@H]2S1(=O)=O. The monoisotopic (exact) mass is 309 g/mol. The highest BCUT2D eigenvalue weighted by molar-refractivity contribution is 7.90. The quantitative estimate of drug-likeness (QED) is 0.761. The Morgan fingerprint density at radius 1 is 1.29 bits per heavy atom. The van der Waals surface area contributed by atoms with Crippen molar-refractivity contribution in [2.24, 2.45) is 5.92 Å². The number of amides is 1. The summed E-state index contributed by atoms with van der Waals surface area (Å²) in [5, 5.41) is -0.343. The van der Waals surface area contributed by atoms with Gasteiger partial charge in [0.25, 0.3) is 5.91 Å². The molecule has 2 aliphatic heterocycles. The topological polar surface area (TPSA) is 70.6 Å². The van der Waals surface area contributed by atoms with Gasteiger partial charge >= 0.3 is 0 Å². The molecule has 0 saturated carbocycles. The summed E-state index contributed by atoms with van der Waals surface area (Å²) >= 11 is 0. The Bertz CT molecular complexity index is 632. The first-order valence-corrected chi connectivity index (χ1v) is 8.66. The van der Waals surface area contributed by atoms with Crippen molar-refractivity contribution in [3.05, 3.63) is 30.1 Å². The van der Waals surface area contributed by atoms with Crippen LogP contribution in [0.2, 0.25) is 0 Å². The van der Waals surface area contributed by atoms with Crippen LogP contribution in [0.1, 0.15) is 23.3 Å². The summed E-state index contributed by atoms with van der Waals surface area (Å²) in [5.41, 5.74) is 0.421. The first-order valence-electron chi connectivity index (χ1n) is 7.15. The van der Waals surface area contributed by atoms with Crippen molar-refractivity contribution in [3.63, 3.8) is 0 Å². The van der Waals surface area contributed by atoms with Crippen LogP contribution in [0.4, 0.5) is 0 Å². The highest BCUT2D eigenvalue weighted by Gasteiger charge is 2.45. The van der Waals surface area contributed by atoms with Gasteiger partial charge in [0, 0.05) is 32.9 Å². The molecule has 1 aromatic heterocycles. The van der Waals surface area contributed by atoms with E-state index >= 15 is 0 Å². The molecule has 1 aromatic rings. The van der Waals surface area contributed by atoms with E-state index in [1.165, 1.54) is 4.31 Å². The van der Waals surface area contributed by atoms with Gasteiger partial charge in [-0.2, -0.15) is 0 Å². The van der Waals surface area contributed by atoms with E-state index in [2.05, 4.69) is 4.98 Å². The summed E-state index contributed by atoms with van der Waals surface area (Å²) in [7, 11) is -1.54. The fourth-order valence-corrected chi connectivity index (χ4v) is 5.23. The molecule has 0 N–H and O–H groups in total. The van der Waals surface area contributed by atoms with Crippen molar-refractivity contribution in [1.29, 1.82) is 0 Å². The van der Waals surface area contributed by atoms with Crippen molar-refractivity contribution >= 4 is 15.9 Å². The number of carbonyl (C=O) groups is 1. The van der Waals surface area contributed by atoms with E-state index < -0.39 is 10.0 Å². The zero-order chi connectivity index (χ0) is 15.0. The van der Waals surface area contributed by atoms with E-state index in [1.54, 1.807) is 36.3 Å². The van der Waals surface area contributed by atoms with Gasteiger partial charge in [-0.15, -0.1) is 0 Å². The number of carbonyl (C=O) groups excluding carboxylic acids is 1. The van der Waals surface area contributed by atoms with Gasteiger partial charge in [0.2, 0.25) is 10.0 Å². The number of aromatic nitrogens is 1. The van der Waals surface area contributed by atoms with Crippen LogP contribution in [0, 0.1) is 5.92 Å². The Balaban J connectivity index is 1.75. The number of likely N-dealkylation sites (tertiary alicyclic amines) is 1. The lowest BCUT2D eigenvalue weighted by Crippen LogP contribution is -2.34. The number of hydrogen-bond acceptors (Lipinski definition) is 4. The molecule has 0 spiro atoms. The number of sulfonamides is 1. The maximum Gasteiger partial charge on any atom is 0.272 e. The lowest BCUT2D eigenvalue weighted by atomic mass is 10.0. The lowest BCUT2D eigenvalue weighted by molar-refractivity contribution is 0.0753. The molecular formula is C14H19N3O3S. The fourth-order valence-electron chi connectivity index (χ4n) is 3.26. The molecule has 2 atom stereocenters. The molecule has 114 valence electrons. The standard InChI is InChI=1S/C14H19N3O3S/c1-16-10-11-5-8-17(9-6-13(11)21(16,19)20)14(18)12-4-2-3-7-15-12/h2-4,7,11,13H,5-6,8-10H2,1H3/t11-,13-/m1/s1. The molecule has 6 nitrogen and oxygen atoms in total. The highest BCUT2D eigenvalue weighted by Crippen LogP contribution is 2.33. The van der Waals surface area contributed by atoms with Crippen LogP contribution < -0.4 is 0 Å². The van der Waals surface area contributed by atoms with Gasteiger partial charge in [-0.3, -0.25) is 9.78 Å². The Kier molecular flexibility index (Phi) is 3.71. The van der Waals surface area contributed by atoms with Crippen molar-refractivity contribution in [3.8, 4) is 0 Å². The van der Waals surface area contributed by atoms with E-state index in [1.807, 2.05) is 0 Å². The summed E-state index contributed by atoms with van der Waals surface area (Å²) in [6.45, 7) is 1.64. The molecule has 2 fully saturated rings. The van der Waals surface area contributed by atoms with E-state index in [-0.39, 0.29) is 17.1 Å². The number of fused-ring (bicyclic) bond motifs is 1. The molecule has 3 rings (SSSR count). The summed E-state index contributed by atoms with van der Waals surface area (Å²) in [4.78, 5) is 18.2. The molecule has 0 aromatic carbocycles. The third-order valence-electron chi connectivity index (χ3n) is 4.46. The maximum absolute atomic E-state index is 12.4. The Morgan fingerprint density at radius 3 is 2.76 bits per heavy atom. The van der Waals surface area contributed by atoms with Gasteiger partial charge in [-0.05, 0) is 30.9 Å². The van der Waals surface area contributed by atoms with Crippen molar-refractivity contribution < 1.29 is 13.2 Å². The molecule has 1 amide bonds. The molecule has 2 aliphatic rings. The zero-order valence-electron chi connectivity index (χ0n) is 12.0. The van der Waals surface area contributed by atoms with Crippen LogP contribution in [-0.2, 0) is 10.0 Å². The third-order valence-corrected chi connectivity index (χ3v) is 6.86. The smallest absolute Gasteiger partial charge is 0.272 e. The molecule has 0 aliphatic carbocycles. The highest BCUT2D eigenvalue weighted by atomic mass is 32.2. The molecule has 0 bridgehead atoms. The normalized spacial score (nSPS) is 28.9. The largest absolute Gasteiger partial charge is 0.337 e. The van der Waals surface area contributed by atoms with Crippen molar-refractivity contribution in [1.82, 2.24) is 14.2 Å². The molecular weight excluding hydrogens is 290 g/mol. The number of nitrogens with zero attached hydrogens (tertiary/aromatic N) is 3. The van der Waals surface area contributed by atoms with Crippen molar-refractivity contribution in [2.45, 2.75) is 18.1 Å². The minimum atomic E-state index is -3.18. The van der Waals surface area contributed by atoms with E-state index in [0.29, 0.717) is 31.7 Å². The minimum absolute atomic E-state index is 0.110. The summed E-state index contributed by atoms with van der Waals surface area (Å²) in [5.74, 6) is 0.0165. The van der Waals surface area contributed by atoms with E-state index in [9.17, 15) is 13.2 Å². The van der Waals surface area contributed by atoms with Crippen LogP contribution >= 0.6 is 0 Å². The molecule has 0 unspecified atom stereocenters. The van der Waals surface area contributed by atoms with Gasteiger partial charge in [-0.1, -0.05) is 6.07 Å². The Morgan fingerprint density at radius 2 is 2.05 bits per heavy atom. The molecule has 21 heavy (non-hydrogen) atoms. The summed E-state index contributed by atoms with van der Waals surface area (Å²) < 4.78 is 25.9. The second kappa shape index (κ2) is 5.38. The molecule has 2 saturated heterocycles.